The molecule has 0 unspecified atom stereocenters. The van der Waals surface area contributed by atoms with Gasteiger partial charge in [0.25, 0.3) is 0 Å². The number of aryl methyl sites for hydroxylation is 1. The lowest BCUT2D eigenvalue weighted by Gasteiger charge is -2.46. The third-order valence-corrected chi connectivity index (χ3v) is 9.01. The molecule has 1 spiro atoms. The summed E-state index contributed by atoms with van der Waals surface area (Å²) in [5, 5.41) is 27.1. The highest BCUT2D eigenvalue weighted by Gasteiger charge is 2.54. The molecule has 4 rings (SSSR count). The van der Waals surface area contributed by atoms with Crippen LogP contribution in [0.4, 0.5) is 4.39 Å². The number of hydrogen-bond acceptors (Lipinski definition) is 8. The molecule has 0 aromatic carbocycles. The average Bonchev–Trinajstić information content (AvgIpc) is 3.22. The maximum atomic E-state index is 15.4. The highest BCUT2D eigenvalue weighted by molar-refractivity contribution is 7.09. The van der Waals surface area contributed by atoms with Crippen molar-refractivity contribution in [3.63, 3.8) is 0 Å². The number of ether oxygens (including phenoxy) is 2. The van der Waals surface area contributed by atoms with Crippen LogP contribution in [0.1, 0.15) is 70.0 Å². The Balaban J connectivity index is 1.58. The van der Waals surface area contributed by atoms with Crippen LogP contribution in [-0.2, 0) is 19.1 Å². The standard InChI is InChI=1S/C26H37FN2O6S/c1-14-23(32)15(2)34-9-8-25(4)21(35-25)11-19(18(27)10-17-13-36-16(3)28-17)29-22(31)12-20(30)26(24(14)33)6-5-7-26/h10,13-15,19-21,23,30,32H,5-9,11-12H2,1-4H3,(H,29,31)/t14-,15-,19+,20+,21+,23+,25-/m1/s1. The van der Waals surface area contributed by atoms with Crippen LogP contribution in [0.25, 0.3) is 6.08 Å². The van der Waals surface area contributed by atoms with E-state index < -0.39 is 53.0 Å². The maximum absolute atomic E-state index is 15.4. The third-order valence-electron chi connectivity index (χ3n) is 8.21. The van der Waals surface area contributed by atoms with Crippen LogP contribution in [0.15, 0.2) is 11.2 Å². The number of aliphatic hydroxyl groups excluding tert-OH is 2. The number of aromatic nitrogens is 1. The summed E-state index contributed by atoms with van der Waals surface area (Å²) in [6.07, 6.45) is 0.216. The molecule has 3 fully saturated rings. The molecular weight excluding hydrogens is 487 g/mol. The Morgan fingerprint density at radius 2 is 2.00 bits per heavy atom. The van der Waals surface area contributed by atoms with E-state index in [-0.39, 0.29) is 24.7 Å². The van der Waals surface area contributed by atoms with Gasteiger partial charge in [-0.2, -0.15) is 0 Å². The lowest BCUT2D eigenvalue weighted by molar-refractivity contribution is -0.157. The molecule has 0 radical (unpaired) electrons. The summed E-state index contributed by atoms with van der Waals surface area (Å²) in [5.41, 5.74) is -1.15. The van der Waals surface area contributed by atoms with Crippen LogP contribution in [0.2, 0.25) is 0 Å². The minimum absolute atomic E-state index is 0.211. The number of carbonyl (C=O) groups is 2. The highest BCUT2D eigenvalue weighted by atomic mass is 32.1. The van der Waals surface area contributed by atoms with Crippen molar-refractivity contribution >= 4 is 29.1 Å². The predicted octanol–water partition coefficient (Wildman–Crippen LogP) is 3.09. The number of rotatable bonds is 2. The molecule has 1 saturated carbocycles. The molecule has 1 amide bonds. The Labute approximate surface area is 215 Å². The first-order valence-electron chi connectivity index (χ1n) is 12.7. The second-order valence-electron chi connectivity index (χ2n) is 10.8. The first-order valence-corrected chi connectivity index (χ1v) is 13.6. The van der Waals surface area contributed by atoms with Gasteiger partial charge in [-0.05, 0) is 39.7 Å². The van der Waals surface area contributed by atoms with E-state index in [0.717, 1.165) is 11.4 Å². The van der Waals surface area contributed by atoms with Gasteiger partial charge < -0.3 is 25.0 Å². The lowest BCUT2D eigenvalue weighted by atomic mass is 9.59. The van der Waals surface area contributed by atoms with Gasteiger partial charge in [0.15, 0.2) is 0 Å². The van der Waals surface area contributed by atoms with Crippen molar-refractivity contribution in [1.82, 2.24) is 10.3 Å². The zero-order chi connectivity index (χ0) is 26.3. The second kappa shape index (κ2) is 10.6. The fourth-order valence-corrected chi connectivity index (χ4v) is 6.01. The summed E-state index contributed by atoms with van der Waals surface area (Å²) >= 11 is 1.41. The van der Waals surface area contributed by atoms with E-state index in [4.69, 9.17) is 9.47 Å². The van der Waals surface area contributed by atoms with E-state index in [0.29, 0.717) is 31.6 Å². The van der Waals surface area contributed by atoms with Crippen molar-refractivity contribution in [3.8, 4) is 0 Å². The van der Waals surface area contributed by atoms with Crippen LogP contribution in [-0.4, -0.2) is 69.6 Å². The number of amides is 1. The molecule has 2 saturated heterocycles. The van der Waals surface area contributed by atoms with Gasteiger partial charge in [-0.1, -0.05) is 13.3 Å². The van der Waals surface area contributed by atoms with E-state index in [9.17, 15) is 19.8 Å². The molecule has 10 heteroatoms. The molecule has 3 N–H and O–H groups in total. The molecule has 1 aromatic heterocycles. The first kappa shape index (κ1) is 27.3. The Morgan fingerprint density at radius 3 is 2.61 bits per heavy atom. The van der Waals surface area contributed by atoms with Crippen molar-refractivity contribution in [1.29, 1.82) is 0 Å². The molecule has 8 nitrogen and oxygen atoms in total. The zero-order valence-corrected chi connectivity index (χ0v) is 22.1. The number of nitrogens with zero attached hydrogens (tertiary/aromatic N) is 1. The van der Waals surface area contributed by atoms with E-state index in [1.54, 1.807) is 19.2 Å². The van der Waals surface area contributed by atoms with Gasteiger partial charge in [-0.15, -0.1) is 11.3 Å². The van der Waals surface area contributed by atoms with Gasteiger partial charge in [0.05, 0.1) is 58.6 Å². The molecule has 7 atom stereocenters. The summed E-state index contributed by atoms with van der Waals surface area (Å²) in [6.45, 7) is 7.40. The number of epoxide rings is 1. The molecule has 1 aromatic rings. The lowest BCUT2D eigenvalue weighted by Crippen LogP contribution is -2.54. The molecule has 2 aliphatic heterocycles. The van der Waals surface area contributed by atoms with Crippen LogP contribution < -0.4 is 5.32 Å². The van der Waals surface area contributed by atoms with Gasteiger partial charge in [0, 0.05) is 30.7 Å². The van der Waals surface area contributed by atoms with Crippen molar-refractivity contribution in [2.75, 3.05) is 6.61 Å². The number of nitrogens with one attached hydrogen (secondary N) is 1. The summed E-state index contributed by atoms with van der Waals surface area (Å²) in [5.74, 6) is -2.11. The van der Waals surface area contributed by atoms with E-state index in [2.05, 4.69) is 10.3 Å². The SMILES string of the molecule is Cc1nc(C=C(F)[C@@H]2C[C@@H]3O[C@]3(C)CCO[C@H](C)[C@@H](O)[C@@H](C)C(=O)C3(CCC3)[C@@H](O)CC(=O)N2)cs1. The quantitative estimate of drug-likeness (QED) is 0.509. The highest BCUT2D eigenvalue weighted by Crippen LogP contribution is 2.48. The molecule has 1 aliphatic carbocycles. The Bertz CT molecular complexity index is 1010. The smallest absolute Gasteiger partial charge is 0.223 e. The largest absolute Gasteiger partial charge is 0.392 e. The van der Waals surface area contributed by atoms with E-state index >= 15 is 4.39 Å². The van der Waals surface area contributed by atoms with Crippen molar-refractivity contribution in [3.05, 3.63) is 21.9 Å². The normalized spacial score (nSPS) is 38.2. The van der Waals surface area contributed by atoms with Gasteiger partial charge in [-0.25, -0.2) is 9.37 Å². The Morgan fingerprint density at radius 1 is 1.28 bits per heavy atom. The van der Waals surface area contributed by atoms with Crippen LogP contribution >= 0.6 is 11.3 Å². The van der Waals surface area contributed by atoms with Gasteiger partial charge >= 0.3 is 0 Å². The first-order chi connectivity index (χ1) is 16.9. The summed E-state index contributed by atoms with van der Waals surface area (Å²) in [6, 6.07) is -0.958. The number of thiazole rings is 1. The fourth-order valence-electron chi connectivity index (χ4n) is 5.44. The van der Waals surface area contributed by atoms with Crippen LogP contribution in [0.3, 0.4) is 0 Å². The number of carbonyl (C=O) groups excluding carboxylic acids is 2. The summed E-state index contributed by atoms with van der Waals surface area (Å²) in [7, 11) is 0. The minimum atomic E-state index is -1.23. The number of aliphatic hydroxyl groups is 2. The van der Waals surface area contributed by atoms with Gasteiger partial charge in [0.1, 0.15) is 11.6 Å². The van der Waals surface area contributed by atoms with Crippen molar-refractivity contribution in [2.45, 2.75) is 102 Å². The van der Waals surface area contributed by atoms with Crippen molar-refractivity contribution < 1.29 is 33.7 Å². The van der Waals surface area contributed by atoms with Crippen molar-refractivity contribution in [2.24, 2.45) is 11.3 Å². The van der Waals surface area contributed by atoms with E-state index in [1.807, 2.05) is 13.8 Å². The Kier molecular flexibility index (Phi) is 8.02. The van der Waals surface area contributed by atoms with Gasteiger partial charge in [0.2, 0.25) is 5.91 Å². The molecule has 3 heterocycles. The summed E-state index contributed by atoms with van der Waals surface area (Å²) in [4.78, 5) is 30.7. The second-order valence-corrected chi connectivity index (χ2v) is 11.9. The molecule has 0 bridgehead atoms. The topological polar surface area (TPSA) is 121 Å². The number of ketones is 1. The van der Waals surface area contributed by atoms with Crippen LogP contribution in [0, 0.1) is 18.3 Å². The third kappa shape index (κ3) is 5.57. The fraction of sp³-hybridized carbons (Fsp3) is 0.731. The van der Waals surface area contributed by atoms with Crippen LogP contribution in [0.5, 0.6) is 0 Å². The summed E-state index contributed by atoms with van der Waals surface area (Å²) < 4.78 is 27.1. The average molecular weight is 525 g/mol. The molecule has 3 aliphatic rings. The molecule has 200 valence electrons. The number of fused-ring (bicyclic) bond motifs is 1. The van der Waals surface area contributed by atoms with E-state index in [1.165, 1.54) is 17.4 Å². The minimum Gasteiger partial charge on any atom is -0.392 e. The number of halogens is 1. The zero-order valence-electron chi connectivity index (χ0n) is 21.3. The number of hydrogen-bond donors (Lipinski definition) is 3. The van der Waals surface area contributed by atoms with Gasteiger partial charge in [-0.3, -0.25) is 9.59 Å². The Hall–Kier alpha value is -1.72. The molecule has 36 heavy (non-hydrogen) atoms. The predicted molar refractivity (Wildman–Crippen MR) is 133 cm³/mol. The monoisotopic (exact) mass is 524 g/mol. The maximum Gasteiger partial charge on any atom is 0.223 e. The molecular formula is C26H37FN2O6S. The number of Topliss-reactive ketones (excluding diaryl/α,β-unsaturated/α-hetero) is 1.